The van der Waals surface area contributed by atoms with Crippen LogP contribution in [0.1, 0.15) is 27.7 Å². The third-order valence-corrected chi connectivity index (χ3v) is 3.89. The molecule has 0 aliphatic carbocycles. The summed E-state index contributed by atoms with van der Waals surface area (Å²) in [7, 11) is 0. The Morgan fingerprint density at radius 1 is 0.882 bits per heavy atom. The molecule has 7 heteroatoms. The fraction of sp³-hybridized carbons (Fsp3) is 0.800. The van der Waals surface area contributed by atoms with Crippen LogP contribution in [0, 0.1) is 11.8 Å². The molecular weight excluding hydrogens is 331 g/mol. The Morgan fingerprint density at radius 2 is 1.18 bits per heavy atom. The molecule has 0 aromatic rings. The monoisotopic (exact) mass is 352 g/mol. The summed E-state index contributed by atoms with van der Waals surface area (Å²) in [4.78, 5) is 22.7. The van der Waals surface area contributed by atoms with Gasteiger partial charge in [-0.3, -0.25) is 0 Å². The number of carbonyl (C=O) groups is 2. The van der Waals surface area contributed by atoms with Gasteiger partial charge in [0, 0.05) is 0 Å². The summed E-state index contributed by atoms with van der Waals surface area (Å²) in [6, 6.07) is -1.35. The van der Waals surface area contributed by atoms with E-state index >= 15 is 0 Å². The normalized spacial score (nSPS) is 14.6. The summed E-state index contributed by atoms with van der Waals surface area (Å²) in [5.41, 5.74) is 11.1. The van der Waals surface area contributed by atoms with Crippen LogP contribution in [0.3, 0.4) is 0 Å². The molecule has 0 rings (SSSR count). The average Bonchev–Trinajstić information content (AvgIpc) is 2.26. The molecular formula is C10H20N2O4Sn. The van der Waals surface area contributed by atoms with Crippen LogP contribution in [0.5, 0.6) is 0 Å². The Morgan fingerprint density at radius 3 is 1.41 bits per heavy atom. The Balaban J connectivity index is 3.92. The summed E-state index contributed by atoms with van der Waals surface area (Å²) < 4.78 is 9.75. The molecule has 0 saturated heterocycles. The summed E-state index contributed by atoms with van der Waals surface area (Å²) in [6.07, 6.45) is 0. The predicted molar refractivity (Wildman–Crippen MR) is 63.6 cm³/mol. The molecule has 0 aromatic heterocycles. The summed E-state index contributed by atoms with van der Waals surface area (Å²) in [6.45, 7) is 7.27. The molecule has 0 spiro atoms. The maximum absolute atomic E-state index is 11.3. The van der Waals surface area contributed by atoms with Gasteiger partial charge in [0.15, 0.2) is 0 Å². The second-order valence-electron chi connectivity index (χ2n) is 4.47. The Labute approximate surface area is 113 Å². The van der Waals surface area contributed by atoms with Gasteiger partial charge in [0.2, 0.25) is 0 Å². The molecule has 0 aliphatic rings. The van der Waals surface area contributed by atoms with Crippen LogP contribution in [-0.4, -0.2) is 46.0 Å². The SMILES string of the molecule is CC(C)C(N)C(=O)[O][Sn][O]C(=O)C(N)C(C)C. The number of rotatable bonds is 6. The van der Waals surface area contributed by atoms with Crippen molar-refractivity contribution < 1.29 is 15.7 Å². The summed E-state index contributed by atoms with van der Waals surface area (Å²) in [5, 5.41) is 0. The molecule has 0 heterocycles. The van der Waals surface area contributed by atoms with Crippen LogP contribution in [-0.2, 0) is 15.7 Å². The predicted octanol–water partition coefficient (Wildman–Crippen LogP) is -0.426. The van der Waals surface area contributed by atoms with Crippen LogP contribution < -0.4 is 11.5 Å². The van der Waals surface area contributed by atoms with Gasteiger partial charge in [0.25, 0.3) is 0 Å². The van der Waals surface area contributed by atoms with Gasteiger partial charge in [-0.2, -0.15) is 0 Å². The number of hydrogen-bond donors (Lipinski definition) is 2. The number of hydrogen-bond acceptors (Lipinski definition) is 6. The number of carbonyl (C=O) groups excluding carboxylic acids is 2. The topological polar surface area (TPSA) is 105 Å². The zero-order chi connectivity index (χ0) is 13.6. The Kier molecular flexibility index (Phi) is 7.73. The first-order valence-electron chi connectivity index (χ1n) is 5.44. The van der Waals surface area contributed by atoms with Crippen molar-refractivity contribution in [2.75, 3.05) is 0 Å². The van der Waals surface area contributed by atoms with Gasteiger partial charge >= 0.3 is 113 Å². The average molecular weight is 351 g/mol. The van der Waals surface area contributed by atoms with Crippen LogP contribution in [0.4, 0.5) is 0 Å². The van der Waals surface area contributed by atoms with Gasteiger partial charge in [-0.05, 0) is 0 Å². The van der Waals surface area contributed by atoms with Crippen LogP contribution in [0.15, 0.2) is 0 Å². The van der Waals surface area contributed by atoms with E-state index < -0.39 is 46.0 Å². The van der Waals surface area contributed by atoms with E-state index in [2.05, 4.69) is 0 Å². The minimum atomic E-state index is -1.97. The van der Waals surface area contributed by atoms with Crippen LogP contribution in [0.25, 0.3) is 0 Å². The molecule has 0 fully saturated rings. The summed E-state index contributed by atoms with van der Waals surface area (Å²) >= 11 is -1.97. The molecule has 2 atom stereocenters. The standard InChI is InChI=1S/2C5H11NO2.Sn/c2*1-3(2)4(6)5(7)8;/h2*3-4H,6H2,1-2H3,(H,7,8);/q;;+2/p-2. The molecule has 17 heavy (non-hydrogen) atoms. The van der Waals surface area contributed by atoms with E-state index in [-0.39, 0.29) is 11.8 Å². The van der Waals surface area contributed by atoms with Gasteiger partial charge in [-0.1, -0.05) is 0 Å². The van der Waals surface area contributed by atoms with Crippen LogP contribution in [0.2, 0.25) is 0 Å². The van der Waals surface area contributed by atoms with Crippen molar-refractivity contribution >= 4 is 33.9 Å². The van der Waals surface area contributed by atoms with Crippen molar-refractivity contribution in [2.45, 2.75) is 39.8 Å². The quantitative estimate of drug-likeness (QED) is 0.630. The van der Waals surface area contributed by atoms with Gasteiger partial charge in [-0.15, -0.1) is 0 Å². The Bertz CT molecular complexity index is 245. The molecule has 98 valence electrons. The molecule has 4 N–H and O–H groups in total. The van der Waals surface area contributed by atoms with Gasteiger partial charge in [0.1, 0.15) is 0 Å². The number of nitrogens with two attached hydrogens (primary N) is 2. The van der Waals surface area contributed by atoms with Crippen molar-refractivity contribution in [1.29, 1.82) is 0 Å². The van der Waals surface area contributed by atoms with Crippen molar-refractivity contribution in [2.24, 2.45) is 23.3 Å². The van der Waals surface area contributed by atoms with Crippen molar-refractivity contribution in [3.63, 3.8) is 0 Å². The fourth-order valence-corrected chi connectivity index (χ4v) is 2.15. The van der Waals surface area contributed by atoms with Crippen molar-refractivity contribution in [1.82, 2.24) is 0 Å². The van der Waals surface area contributed by atoms with E-state index in [0.717, 1.165) is 0 Å². The third kappa shape index (κ3) is 6.23. The zero-order valence-electron chi connectivity index (χ0n) is 10.6. The van der Waals surface area contributed by atoms with E-state index in [1.54, 1.807) is 0 Å². The summed E-state index contributed by atoms with van der Waals surface area (Å²) in [5.74, 6) is -1.04. The van der Waals surface area contributed by atoms with Crippen molar-refractivity contribution in [3.05, 3.63) is 0 Å². The van der Waals surface area contributed by atoms with E-state index in [1.165, 1.54) is 0 Å². The van der Waals surface area contributed by atoms with E-state index in [9.17, 15) is 9.59 Å². The van der Waals surface area contributed by atoms with E-state index in [1.807, 2.05) is 27.7 Å². The first-order valence-corrected chi connectivity index (χ1v) is 7.78. The molecule has 0 bridgehead atoms. The van der Waals surface area contributed by atoms with E-state index in [4.69, 9.17) is 17.6 Å². The molecule has 6 nitrogen and oxygen atoms in total. The van der Waals surface area contributed by atoms with Crippen LogP contribution >= 0.6 is 0 Å². The van der Waals surface area contributed by atoms with Gasteiger partial charge in [-0.25, -0.2) is 0 Å². The maximum atomic E-state index is 11.3. The molecule has 2 unspecified atom stereocenters. The molecule has 0 amide bonds. The van der Waals surface area contributed by atoms with E-state index in [0.29, 0.717) is 0 Å². The molecule has 0 aliphatic heterocycles. The zero-order valence-corrected chi connectivity index (χ0v) is 13.5. The fourth-order valence-electron chi connectivity index (χ4n) is 0.783. The minimum absolute atomic E-state index is 0.00417. The Hall–Kier alpha value is -0.341. The second-order valence-corrected chi connectivity index (χ2v) is 6.11. The first-order chi connectivity index (χ1) is 7.77. The van der Waals surface area contributed by atoms with Gasteiger partial charge < -0.3 is 0 Å². The molecule has 0 saturated carbocycles. The first kappa shape index (κ1) is 16.7. The second kappa shape index (κ2) is 7.88. The van der Waals surface area contributed by atoms with Crippen molar-refractivity contribution in [3.8, 4) is 0 Å². The van der Waals surface area contributed by atoms with Gasteiger partial charge in [0.05, 0.1) is 0 Å². The molecule has 2 radical (unpaired) electrons. The third-order valence-electron chi connectivity index (χ3n) is 2.27. The molecule has 0 aromatic carbocycles.